The van der Waals surface area contributed by atoms with Crippen LogP contribution in [0.2, 0.25) is 0 Å². The molecular weight excluding hydrogens is 502 g/mol. The first-order valence-corrected chi connectivity index (χ1v) is 14.9. The van der Waals surface area contributed by atoms with Crippen LogP contribution in [-0.2, 0) is 21.4 Å². The fourth-order valence-electron chi connectivity index (χ4n) is 6.19. The number of carbonyl (C=O) groups is 1. The summed E-state index contributed by atoms with van der Waals surface area (Å²) in [5.41, 5.74) is 1.70. The number of fused-ring (bicyclic) bond motifs is 6. The molecule has 182 valence electrons. The molecule has 0 spiro atoms. The molecule has 10 heteroatoms. The number of rotatable bonds is 5. The number of carbonyl (C=O) groups excluding carboxylic acids is 1. The third kappa shape index (κ3) is 4.06. The monoisotopic (exact) mass is 527 g/mol. The second-order valence-electron chi connectivity index (χ2n) is 9.62. The Bertz CT molecular complexity index is 1450. The van der Waals surface area contributed by atoms with E-state index in [1.165, 1.54) is 60.4 Å². The molecule has 2 saturated carbocycles. The van der Waals surface area contributed by atoms with E-state index in [1.807, 2.05) is 6.07 Å². The minimum atomic E-state index is -3.80. The van der Waals surface area contributed by atoms with Gasteiger partial charge in [-0.2, -0.15) is 0 Å². The molecule has 2 bridgehead atoms. The normalized spacial score (nSPS) is 26.8. The highest BCUT2D eigenvalue weighted by molar-refractivity contribution is 8.00. The smallest absolute Gasteiger partial charge is 0.308 e. The number of nitrogens with two attached hydrogens (primary N) is 1. The number of thioether (sulfide) groups is 1. The van der Waals surface area contributed by atoms with Gasteiger partial charge in [0.1, 0.15) is 6.54 Å². The first-order chi connectivity index (χ1) is 16.8. The topological polar surface area (TPSA) is 111 Å². The van der Waals surface area contributed by atoms with Crippen LogP contribution in [0.3, 0.4) is 0 Å². The van der Waals surface area contributed by atoms with Crippen molar-refractivity contribution in [2.24, 2.45) is 22.9 Å². The molecule has 3 N–H and O–H groups in total. The van der Waals surface area contributed by atoms with Crippen molar-refractivity contribution >= 4 is 44.7 Å². The zero-order chi connectivity index (χ0) is 24.3. The minimum absolute atomic E-state index is 0.0256. The number of thiazole rings is 1. The summed E-state index contributed by atoms with van der Waals surface area (Å²) in [6.07, 6.45) is 3.78. The van der Waals surface area contributed by atoms with Crippen LogP contribution in [0.15, 0.2) is 69.3 Å². The van der Waals surface area contributed by atoms with Crippen LogP contribution in [0.4, 0.5) is 5.69 Å². The Balaban J connectivity index is 1.30. The molecular formula is C25H25N3O4S3. The van der Waals surface area contributed by atoms with Crippen molar-refractivity contribution in [1.82, 2.24) is 4.57 Å². The SMILES string of the molecule is NS(=O)(=O)c1ccc(NC(=O)Cn2c3c(sc2=O)C(c2ccccc2)C2C4CCC(C4)C2S3)cc1. The zero-order valence-corrected chi connectivity index (χ0v) is 21.2. The lowest BCUT2D eigenvalue weighted by Gasteiger charge is -2.40. The largest absolute Gasteiger partial charge is 0.325 e. The van der Waals surface area contributed by atoms with Gasteiger partial charge in [0.05, 0.1) is 9.92 Å². The quantitative estimate of drug-likeness (QED) is 0.524. The van der Waals surface area contributed by atoms with Crippen molar-refractivity contribution in [3.8, 4) is 0 Å². The van der Waals surface area contributed by atoms with Gasteiger partial charge in [-0.05, 0) is 66.8 Å². The number of anilines is 1. The standard InChI is InChI=1S/C25H25N3O4S3/c26-35(31,32)18-10-8-17(9-11-18)27-19(29)13-28-24-23(34-25(28)30)20(14-4-2-1-3-5-14)21-15-6-7-16(12-15)22(21)33-24/h1-5,8-11,15-16,20-22H,6-7,12-13H2,(H,27,29)(H2,26,31,32). The van der Waals surface area contributed by atoms with Gasteiger partial charge in [-0.25, -0.2) is 13.6 Å². The maximum atomic E-state index is 13.1. The lowest BCUT2D eigenvalue weighted by Crippen LogP contribution is -2.34. The number of nitrogens with zero attached hydrogens (tertiary/aromatic N) is 1. The van der Waals surface area contributed by atoms with Gasteiger partial charge in [0.15, 0.2) is 0 Å². The number of amides is 1. The number of aromatic nitrogens is 1. The number of benzene rings is 2. The van der Waals surface area contributed by atoms with E-state index in [4.69, 9.17) is 5.14 Å². The number of nitrogens with one attached hydrogen (secondary N) is 1. The molecule has 3 aliphatic rings. The third-order valence-electron chi connectivity index (χ3n) is 7.62. The lowest BCUT2D eigenvalue weighted by atomic mass is 9.75. The van der Waals surface area contributed by atoms with Gasteiger partial charge in [0, 0.05) is 21.7 Å². The van der Waals surface area contributed by atoms with E-state index in [0.717, 1.165) is 9.90 Å². The Morgan fingerprint density at radius 1 is 1.06 bits per heavy atom. The van der Waals surface area contributed by atoms with Crippen LogP contribution < -0.4 is 15.3 Å². The molecule has 5 atom stereocenters. The van der Waals surface area contributed by atoms with Gasteiger partial charge >= 0.3 is 4.87 Å². The first-order valence-electron chi connectivity index (χ1n) is 11.7. The Labute approximate surface area is 211 Å². The van der Waals surface area contributed by atoms with E-state index in [-0.39, 0.29) is 28.1 Å². The van der Waals surface area contributed by atoms with Crippen molar-refractivity contribution in [3.05, 3.63) is 74.7 Å². The van der Waals surface area contributed by atoms with Crippen LogP contribution in [0.25, 0.3) is 0 Å². The summed E-state index contributed by atoms with van der Waals surface area (Å²) in [5, 5.41) is 9.31. The van der Waals surface area contributed by atoms with Crippen LogP contribution in [-0.4, -0.2) is 24.1 Å². The number of hydrogen-bond donors (Lipinski definition) is 2. The summed E-state index contributed by atoms with van der Waals surface area (Å²) in [6.45, 7) is -0.0817. The average Bonchev–Trinajstić information content (AvgIpc) is 3.52. The summed E-state index contributed by atoms with van der Waals surface area (Å²) >= 11 is 3.08. The average molecular weight is 528 g/mol. The molecule has 2 aliphatic carbocycles. The van der Waals surface area contributed by atoms with Crippen molar-refractivity contribution in [3.63, 3.8) is 0 Å². The Kier molecular flexibility index (Phi) is 5.67. The van der Waals surface area contributed by atoms with Crippen molar-refractivity contribution in [2.75, 3.05) is 5.32 Å². The van der Waals surface area contributed by atoms with E-state index in [9.17, 15) is 18.0 Å². The highest BCUT2D eigenvalue weighted by Crippen LogP contribution is 2.63. The van der Waals surface area contributed by atoms with E-state index >= 15 is 0 Å². The summed E-state index contributed by atoms with van der Waals surface area (Å²) < 4.78 is 24.5. The van der Waals surface area contributed by atoms with Crippen LogP contribution in [0.1, 0.15) is 35.6 Å². The minimum Gasteiger partial charge on any atom is -0.325 e. The fourth-order valence-corrected chi connectivity index (χ4v) is 9.86. The molecule has 35 heavy (non-hydrogen) atoms. The van der Waals surface area contributed by atoms with E-state index in [2.05, 4.69) is 29.6 Å². The van der Waals surface area contributed by atoms with E-state index in [0.29, 0.717) is 28.7 Å². The second kappa shape index (κ2) is 8.62. The number of sulfonamides is 1. The van der Waals surface area contributed by atoms with Gasteiger partial charge in [0.2, 0.25) is 15.9 Å². The second-order valence-corrected chi connectivity index (χ2v) is 13.3. The fraction of sp³-hybridized carbons (Fsp3) is 0.360. The maximum Gasteiger partial charge on any atom is 0.308 e. The molecule has 5 unspecified atom stereocenters. The summed E-state index contributed by atoms with van der Waals surface area (Å²) in [4.78, 5) is 27.0. The molecule has 1 amide bonds. The maximum absolute atomic E-state index is 13.1. The van der Waals surface area contributed by atoms with Crippen molar-refractivity contribution in [1.29, 1.82) is 0 Å². The van der Waals surface area contributed by atoms with E-state index in [1.54, 1.807) is 16.3 Å². The molecule has 2 fully saturated rings. The highest BCUT2D eigenvalue weighted by Gasteiger charge is 2.55. The van der Waals surface area contributed by atoms with Gasteiger partial charge < -0.3 is 5.32 Å². The Morgan fingerprint density at radius 2 is 1.77 bits per heavy atom. The third-order valence-corrected chi connectivity index (χ3v) is 11.4. The molecule has 3 aromatic rings. The van der Waals surface area contributed by atoms with Crippen molar-refractivity contribution in [2.45, 2.75) is 46.9 Å². The van der Waals surface area contributed by atoms with Crippen LogP contribution in [0, 0.1) is 17.8 Å². The summed E-state index contributed by atoms with van der Waals surface area (Å²) in [5.74, 6) is 1.77. The Morgan fingerprint density at radius 3 is 2.49 bits per heavy atom. The molecule has 6 rings (SSSR count). The lowest BCUT2D eigenvalue weighted by molar-refractivity contribution is -0.116. The predicted octanol–water partition coefficient (Wildman–Crippen LogP) is 3.85. The number of primary sulfonamides is 1. The summed E-state index contributed by atoms with van der Waals surface area (Å²) in [7, 11) is -3.80. The zero-order valence-electron chi connectivity index (χ0n) is 18.8. The first kappa shape index (κ1) is 23.0. The molecule has 2 heterocycles. The predicted molar refractivity (Wildman–Crippen MR) is 137 cm³/mol. The van der Waals surface area contributed by atoms with E-state index < -0.39 is 10.0 Å². The molecule has 7 nitrogen and oxygen atoms in total. The van der Waals surface area contributed by atoms with Gasteiger partial charge in [-0.3, -0.25) is 14.2 Å². The van der Waals surface area contributed by atoms with Crippen molar-refractivity contribution < 1.29 is 13.2 Å². The molecule has 0 saturated heterocycles. The Hall–Kier alpha value is -2.40. The molecule has 1 aromatic heterocycles. The number of hydrogen-bond acceptors (Lipinski definition) is 6. The highest BCUT2D eigenvalue weighted by atomic mass is 32.2. The van der Waals surface area contributed by atoms with Crippen LogP contribution in [0.5, 0.6) is 0 Å². The van der Waals surface area contributed by atoms with Crippen LogP contribution >= 0.6 is 23.1 Å². The van der Waals surface area contributed by atoms with Gasteiger partial charge in [-0.1, -0.05) is 41.7 Å². The summed E-state index contributed by atoms with van der Waals surface area (Å²) in [6, 6.07) is 16.2. The molecule has 2 aromatic carbocycles. The molecule has 0 radical (unpaired) electrons. The van der Waals surface area contributed by atoms with Gasteiger partial charge in [-0.15, -0.1) is 11.8 Å². The van der Waals surface area contributed by atoms with Gasteiger partial charge in [0.25, 0.3) is 0 Å². The molecule has 1 aliphatic heterocycles.